The van der Waals surface area contributed by atoms with Crippen LogP contribution in [0.5, 0.6) is 0 Å². The first-order valence-electron chi connectivity index (χ1n) is 10.2. The van der Waals surface area contributed by atoms with Crippen molar-refractivity contribution in [1.29, 1.82) is 0 Å². The summed E-state index contributed by atoms with van der Waals surface area (Å²) in [4.78, 5) is 24.2. The van der Waals surface area contributed by atoms with Crippen molar-refractivity contribution in [2.75, 3.05) is 11.3 Å². The fraction of sp³-hybridized carbons (Fsp3) is 0.364. The van der Waals surface area contributed by atoms with E-state index in [-0.39, 0.29) is 28.1 Å². The van der Waals surface area contributed by atoms with Gasteiger partial charge in [-0.2, -0.15) is 0 Å². The van der Waals surface area contributed by atoms with Gasteiger partial charge in [0, 0.05) is 11.7 Å². The molecule has 0 heterocycles. The van der Waals surface area contributed by atoms with Gasteiger partial charge in [0.1, 0.15) is 5.82 Å². The Kier molecular flexibility index (Phi) is 7.62. The fourth-order valence-corrected chi connectivity index (χ4v) is 4.53. The van der Waals surface area contributed by atoms with Crippen LogP contribution in [0.4, 0.5) is 10.1 Å². The first-order valence-corrected chi connectivity index (χ1v) is 11.7. The number of sulfonamides is 1. The van der Waals surface area contributed by atoms with Gasteiger partial charge in [-0.1, -0.05) is 31.7 Å². The Morgan fingerprint density at radius 1 is 1.00 bits per heavy atom. The highest BCUT2D eigenvalue weighted by atomic mass is 32.2. The molecule has 0 unspecified atom stereocenters. The topological polar surface area (TPSA) is 102 Å². The highest BCUT2D eigenvalue weighted by molar-refractivity contribution is 7.92. The average Bonchev–Trinajstić information content (AvgIpc) is 3.02. The SMILES string of the molecule is O=C(COC(=O)c1cccc(S(=O)(=O)Nc2ccc(F)cc2)c1)NC1CCCCCC1. The van der Waals surface area contributed by atoms with Crippen LogP contribution in [0.25, 0.3) is 0 Å². The summed E-state index contributed by atoms with van der Waals surface area (Å²) in [6.07, 6.45) is 6.30. The summed E-state index contributed by atoms with van der Waals surface area (Å²) >= 11 is 0. The second-order valence-electron chi connectivity index (χ2n) is 7.47. The number of anilines is 1. The lowest BCUT2D eigenvalue weighted by Crippen LogP contribution is -2.37. The van der Waals surface area contributed by atoms with Crippen LogP contribution in [0.1, 0.15) is 48.9 Å². The zero-order valence-electron chi connectivity index (χ0n) is 17.0. The van der Waals surface area contributed by atoms with E-state index in [9.17, 15) is 22.4 Å². The molecule has 166 valence electrons. The van der Waals surface area contributed by atoms with Crippen LogP contribution in [0.2, 0.25) is 0 Å². The summed E-state index contributed by atoms with van der Waals surface area (Å²) < 4.78 is 45.5. The molecule has 1 aliphatic rings. The molecule has 0 aliphatic heterocycles. The normalized spacial score (nSPS) is 15.0. The number of rotatable bonds is 7. The number of hydrogen-bond acceptors (Lipinski definition) is 5. The molecule has 1 fully saturated rings. The van der Waals surface area contributed by atoms with Gasteiger partial charge in [0.2, 0.25) is 0 Å². The predicted molar refractivity (Wildman–Crippen MR) is 114 cm³/mol. The molecule has 0 bridgehead atoms. The van der Waals surface area contributed by atoms with Gasteiger partial charge in [-0.3, -0.25) is 9.52 Å². The molecule has 2 aromatic carbocycles. The van der Waals surface area contributed by atoms with Crippen molar-refractivity contribution in [1.82, 2.24) is 5.32 Å². The monoisotopic (exact) mass is 448 g/mol. The number of halogens is 1. The van der Waals surface area contributed by atoms with Crippen LogP contribution in [0.3, 0.4) is 0 Å². The number of benzene rings is 2. The van der Waals surface area contributed by atoms with Gasteiger partial charge in [-0.15, -0.1) is 0 Å². The van der Waals surface area contributed by atoms with Crippen LogP contribution in [0, 0.1) is 5.82 Å². The molecular formula is C22H25FN2O5S. The van der Waals surface area contributed by atoms with Gasteiger partial charge < -0.3 is 10.1 Å². The summed E-state index contributed by atoms with van der Waals surface area (Å²) in [5, 5.41) is 2.88. The number of nitrogens with one attached hydrogen (secondary N) is 2. The molecule has 2 N–H and O–H groups in total. The Morgan fingerprint density at radius 3 is 2.35 bits per heavy atom. The number of carbonyl (C=O) groups is 2. The van der Waals surface area contributed by atoms with Gasteiger partial charge >= 0.3 is 5.97 Å². The predicted octanol–water partition coefficient (Wildman–Crippen LogP) is 3.62. The molecule has 7 nitrogen and oxygen atoms in total. The van der Waals surface area contributed by atoms with Crippen molar-refractivity contribution in [2.45, 2.75) is 49.5 Å². The molecule has 0 aromatic heterocycles. The number of carbonyl (C=O) groups excluding carboxylic acids is 2. The largest absolute Gasteiger partial charge is 0.452 e. The molecule has 0 saturated heterocycles. The Labute approximate surface area is 181 Å². The lowest BCUT2D eigenvalue weighted by molar-refractivity contribution is -0.125. The summed E-state index contributed by atoms with van der Waals surface area (Å²) in [6.45, 7) is -0.430. The van der Waals surface area contributed by atoms with Gasteiger partial charge in [-0.05, 0) is 55.3 Å². The van der Waals surface area contributed by atoms with Crippen molar-refractivity contribution < 1.29 is 27.1 Å². The van der Waals surface area contributed by atoms with Gasteiger partial charge in [0.25, 0.3) is 15.9 Å². The summed E-state index contributed by atoms with van der Waals surface area (Å²) in [5.74, 6) is -1.66. The van der Waals surface area contributed by atoms with E-state index in [0.717, 1.165) is 56.7 Å². The third-order valence-corrected chi connectivity index (χ3v) is 6.41. The molecule has 2 aromatic rings. The van der Waals surface area contributed by atoms with Crippen molar-refractivity contribution in [2.24, 2.45) is 0 Å². The molecule has 0 spiro atoms. The van der Waals surface area contributed by atoms with Crippen LogP contribution in [-0.2, 0) is 19.6 Å². The van der Waals surface area contributed by atoms with Crippen LogP contribution < -0.4 is 10.0 Å². The molecule has 31 heavy (non-hydrogen) atoms. The molecule has 1 saturated carbocycles. The molecule has 9 heteroatoms. The van der Waals surface area contributed by atoms with Crippen LogP contribution in [0.15, 0.2) is 53.4 Å². The van der Waals surface area contributed by atoms with Gasteiger partial charge in [0.05, 0.1) is 10.5 Å². The van der Waals surface area contributed by atoms with Crippen LogP contribution >= 0.6 is 0 Å². The average molecular weight is 449 g/mol. The summed E-state index contributed by atoms with van der Waals surface area (Å²) in [5.41, 5.74) is 0.189. The van der Waals surface area contributed by atoms with Crippen molar-refractivity contribution in [3.8, 4) is 0 Å². The molecule has 1 aliphatic carbocycles. The smallest absolute Gasteiger partial charge is 0.338 e. The highest BCUT2D eigenvalue weighted by Crippen LogP contribution is 2.19. The van der Waals surface area contributed by atoms with Crippen molar-refractivity contribution in [3.05, 3.63) is 59.9 Å². The van der Waals surface area contributed by atoms with Crippen molar-refractivity contribution >= 4 is 27.6 Å². The van der Waals surface area contributed by atoms with E-state index in [1.165, 1.54) is 30.3 Å². The van der Waals surface area contributed by atoms with E-state index in [2.05, 4.69) is 10.0 Å². The number of ether oxygens (including phenoxy) is 1. The Bertz CT molecular complexity index is 1020. The maximum Gasteiger partial charge on any atom is 0.338 e. The van der Waals surface area contributed by atoms with Gasteiger partial charge in [0.15, 0.2) is 6.61 Å². The lowest BCUT2D eigenvalue weighted by atomic mass is 10.1. The summed E-state index contributed by atoms with van der Waals surface area (Å²) in [7, 11) is -4.00. The molecule has 1 amide bonds. The third kappa shape index (κ3) is 6.78. The second-order valence-corrected chi connectivity index (χ2v) is 9.15. The van der Waals surface area contributed by atoms with E-state index in [0.29, 0.717) is 0 Å². The standard InChI is InChI=1S/C22H25FN2O5S/c23-17-10-12-19(13-11-17)25-31(28,29)20-9-5-6-16(14-20)22(27)30-15-21(26)24-18-7-3-1-2-4-8-18/h5-6,9-14,18,25H,1-4,7-8,15H2,(H,24,26). The molecule has 0 radical (unpaired) electrons. The third-order valence-electron chi connectivity index (χ3n) is 5.03. The fourth-order valence-electron chi connectivity index (χ4n) is 3.43. The quantitative estimate of drug-likeness (QED) is 0.498. The van der Waals surface area contributed by atoms with E-state index >= 15 is 0 Å². The number of hydrogen-bond donors (Lipinski definition) is 2. The minimum absolute atomic E-state index is 0.00393. The Balaban J connectivity index is 1.58. The minimum atomic E-state index is -4.00. The lowest BCUT2D eigenvalue weighted by Gasteiger charge is -2.16. The van der Waals surface area contributed by atoms with Gasteiger partial charge in [-0.25, -0.2) is 17.6 Å². The minimum Gasteiger partial charge on any atom is -0.452 e. The first kappa shape index (κ1) is 22.7. The molecule has 3 rings (SSSR count). The molecule has 0 atom stereocenters. The first-order chi connectivity index (χ1) is 14.8. The maximum atomic E-state index is 13.0. The van der Waals surface area contributed by atoms with E-state index in [1.54, 1.807) is 0 Å². The van der Waals surface area contributed by atoms with E-state index in [4.69, 9.17) is 4.74 Å². The number of amides is 1. The number of esters is 1. The Hall–Kier alpha value is -2.94. The zero-order valence-corrected chi connectivity index (χ0v) is 17.8. The second kappa shape index (κ2) is 10.4. The maximum absolute atomic E-state index is 13.0. The van der Waals surface area contributed by atoms with Crippen molar-refractivity contribution in [3.63, 3.8) is 0 Å². The molecular weight excluding hydrogens is 423 g/mol. The van der Waals surface area contributed by atoms with E-state index < -0.39 is 28.4 Å². The highest BCUT2D eigenvalue weighted by Gasteiger charge is 2.19. The van der Waals surface area contributed by atoms with Crippen LogP contribution in [-0.4, -0.2) is 32.9 Å². The Morgan fingerprint density at radius 2 is 1.68 bits per heavy atom. The summed E-state index contributed by atoms with van der Waals surface area (Å²) in [6, 6.07) is 10.2. The van der Waals surface area contributed by atoms with E-state index in [1.807, 2.05) is 0 Å². The zero-order chi connectivity index (χ0) is 22.3.